The van der Waals surface area contributed by atoms with Crippen molar-refractivity contribution >= 4 is 5.91 Å². The Morgan fingerprint density at radius 1 is 1.04 bits per heavy atom. The van der Waals surface area contributed by atoms with Gasteiger partial charge in [0.1, 0.15) is 0 Å². The molecule has 1 N–H and O–H groups in total. The Balaban J connectivity index is 1.38. The summed E-state index contributed by atoms with van der Waals surface area (Å²) in [5.41, 5.74) is 4.02. The number of fused-ring (bicyclic) bond motifs is 1. The number of hydrogen-bond acceptors (Lipinski definition) is 2. The number of amides is 1. The lowest BCUT2D eigenvalue weighted by molar-refractivity contribution is -0.123. The monoisotopic (exact) mass is 320 g/mol. The summed E-state index contributed by atoms with van der Waals surface area (Å²) in [5.74, 6) is 0.758. The summed E-state index contributed by atoms with van der Waals surface area (Å²) >= 11 is 0. The van der Waals surface area contributed by atoms with E-state index < -0.39 is 0 Å². The highest BCUT2D eigenvalue weighted by Gasteiger charge is 2.33. The molecule has 1 aliphatic heterocycles. The van der Waals surface area contributed by atoms with E-state index in [1.165, 1.54) is 29.5 Å². The van der Waals surface area contributed by atoms with Crippen molar-refractivity contribution in [3.63, 3.8) is 0 Å². The Morgan fingerprint density at radius 2 is 1.75 bits per heavy atom. The standard InChI is InChI=1S/C21H24N2O/c24-20(15-23-13-12-16-6-4-5-9-19(16)14-23)22-21(18-10-11-18)17-7-2-1-3-8-17/h1-9,18,21H,10-15H2,(H,22,24). The van der Waals surface area contributed by atoms with E-state index in [0.29, 0.717) is 12.5 Å². The van der Waals surface area contributed by atoms with Crippen LogP contribution in [0.5, 0.6) is 0 Å². The SMILES string of the molecule is O=C(CN1CCc2ccccc2C1)NC(c1ccccc1)C1CC1. The molecule has 2 aromatic carbocycles. The first kappa shape index (κ1) is 15.4. The van der Waals surface area contributed by atoms with Crippen molar-refractivity contribution in [1.29, 1.82) is 0 Å². The van der Waals surface area contributed by atoms with Crippen molar-refractivity contribution in [2.45, 2.75) is 31.8 Å². The molecule has 2 aromatic rings. The van der Waals surface area contributed by atoms with Crippen LogP contribution in [0.15, 0.2) is 54.6 Å². The molecule has 1 unspecified atom stereocenters. The van der Waals surface area contributed by atoms with Crippen LogP contribution in [0.1, 0.15) is 35.6 Å². The van der Waals surface area contributed by atoms with E-state index in [1.807, 2.05) is 6.07 Å². The second-order valence-corrected chi connectivity index (χ2v) is 7.02. The molecule has 3 nitrogen and oxygen atoms in total. The van der Waals surface area contributed by atoms with Gasteiger partial charge in [-0.2, -0.15) is 0 Å². The maximum Gasteiger partial charge on any atom is 0.234 e. The lowest BCUT2D eigenvalue weighted by Crippen LogP contribution is -2.41. The minimum absolute atomic E-state index is 0.148. The summed E-state index contributed by atoms with van der Waals surface area (Å²) in [7, 11) is 0. The van der Waals surface area contributed by atoms with Crippen molar-refractivity contribution in [2.24, 2.45) is 5.92 Å². The molecule has 4 rings (SSSR count). The topological polar surface area (TPSA) is 32.3 Å². The molecule has 3 heteroatoms. The molecule has 0 bridgehead atoms. The molecule has 0 saturated heterocycles. The predicted molar refractivity (Wildman–Crippen MR) is 95.5 cm³/mol. The molecule has 0 radical (unpaired) electrons. The number of hydrogen-bond donors (Lipinski definition) is 1. The van der Waals surface area contributed by atoms with Gasteiger partial charge in [0, 0.05) is 13.1 Å². The molecule has 1 saturated carbocycles. The quantitative estimate of drug-likeness (QED) is 0.916. The summed E-state index contributed by atoms with van der Waals surface area (Å²) in [4.78, 5) is 14.8. The molecule has 0 aromatic heterocycles. The Bertz CT molecular complexity index is 709. The lowest BCUT2D eigenvalue weighted by atomic mass is 10.00. The Labute approximate surface area is 143 Å². The van der Waals surface area contributed by atoms with E-state index in [1.54, 1.807) is 0 Å². The van der Waals surface area contributed by atoms with Crippen LogP contribution in [0, 0.1) is 5.92 Å². The maximum absolute atomic E-state index is 12.6. The summed E-state index contributed by atoms with van der Waals surface area (Å²) < 4.78 is 0. The molecule has 1 heterocycles. The van der Waals surface area contributed by atoms with Crippen LogP contribution in [-0.4, -0.2) is 23.9 Å². The van der Waals surface area contributed by atoms with Crippen molar-refractivity contribution in [2.75, 3.05) is 13.1 Å². The largest absolute Gasteiger partial charge is 0.348 e. The molecular formula is C21H24N2O. The maximum atomic E-state index is 12.6. The highest BCUT2D eigenvalue weighted by atomic mass is 16.2. The molecule has 0 spiro atoms. The van der Waals surface area contributed by atoms with Crippen LogP contribution in [-0.2, 0) is 17.8 Å². The zero-order chi connectivity index (χ0) is 16.4. The average molecular weight is 320 g/mol. The first-order valence-corrected chi connectivity index (χ1v) is 8.93. The fourth-order valence-electron chi connectivity index (χ4n) is 3.67. The molecule has 2 aliphatic rings. The number of carbonyl (C=O) groups excluding carboxylic acids is 1. The zero-order valence-corrected chi connectivity index (χ0v) is 13.9. The molecule has 1 atom stereocenters. The smallest absolute Gasteiger partial charge is 0.234 e. The molecule has 124 valence electrons. The number of rotatable bonds is 5. The van der Waals surface area contributed by atoms with Crippen LogP contribution in [0.3, 0.4) is 0 Å². The second-order valence-electron chi connectivity index (χ2n) is 7.02. The van der Waals surface area contributed by atoms with E-state index in [-0.39, 0.29) is 11.9 Å². The van der Waals surface area contributed by atoms with Gasteiger partial charge in [-0.1, -0.05) is 54.6 Å². The molecular weight excluding hydrogens is 296 g/mol. The van der Waals surface area contributed by atoms with Crippen molar-refractivity contribution in [3.8, 4) is 0 Å². The number of carbonyl (C=O) groups is 1. The van der Waals surface area contributed by atoms with E-state index in [0.717, 1.165) is 19.5 Å². The Kier molecular flexibility index (Phi) is 4.35. The van der Waals surface area contributed by atoms with Crippen LogP contribution in [0.25, 0.3) is 0 Å². The first-order valence-electron chi connectivity index (χ1n) is 8.93. The third-order valence-electron chi connectivity index (χ3n) is 5.15. The van der Waals surface area contributed by atoms with E-state index in [2.05, 4.69) is 58.7 Å². The van der Waals surface area contributed by atoms with Crippen molar-refractivity contribution < 1.29 is 4.79 Å². The molecule has 1 amide bonds. The first-order chi connectivity index (χ1) is 11.8. The summed E-state index contributed by atoms with van der Waals surface area (Å²) in [6, 6.07) is 19.1. The summed E-state index contributed by atoms with van der Waals surface area (Å²) in [5, 5.41) is 3.29. The minimum Gasteiger partial charge on any atom is -0.348 e. The van der Waals surface area contributed by atoms with Gasteiger partial charge in [0.15, 0.2) is 0 Å². The molecule has 24 heavy (non-hydrogen) atoms. The summed E-state index contributed by atoms with van der Waals surface area (Å²) in [6.07, 6.45) is 3.47. The predicted octanol–water partition coefficient (Wildman–Crippen LogP) is 3.31. The van der Waals surface area contributed by atoms with Gasteiger partial charge in [0.2, 0.25) is 5.91 Å². The van der Waals surface area contributed by atoms with Crippen molar-refractivity contribution in [1.82, 2.24) is 10.2 Å². The summed E-state index contributed by atoms with van der Waals surface area (Å²) in [6.45, 7) is 2.33. The van der Waals surface area contributed by atoms with Gasteiger partial charge in [0.05, 0.1) is 12.6 Å². The van der Waals surface area contributed by atoms with Crippen LogP contribution >= 0.6 is 0 Å². The fourth-order valence-corrected chi connectivity index (χ4v) is 3.67. The van der Waals surface area contributed by atoms with E-state index in [4.69, 9.17) is 0 Å². The highest BCUT2D eigenvalue weighted by Crippen LogP contribution is 2.40. The molecule has 1 fully saturated rings. The number of nitrogens with one attached hydrogen (secondary N) is 1. The van der Waals surface area contributed by atoms with Gasteiger partial charge in [-0.25, -0.2) is 0 Å². The van der Waals surface area contributed by atoms with Gasteiger partial charge in [-0.05, 0) is 41.9 Å². The number of benzene rings is 2. The average Bonchev–Trinajstić information content (AvgIpc) is 3.45. The third kappa shape index (κ3) is 3.51. The molecule has 1 aliphatic carbocycles. The van der Waals surface area contributed by atoms with E-state index in [9.17, 15) is 4.79 Å². The van der Waals surface area contributed by atoms with Crippen LogP contribution < -0.4 is 5.32 Å². The normalized spacial score (nSPS) is 18.7. The Hall–Kier alpha value is -2.13. The van der Waals surface area contributed by atoms with Gasteiger partial charge in [0.25, 0.3) is 0 Å². The Morgan fingerprint density at radius 3 is 2.50 bits per heavy atom. The minimum atomic E-state index is 0.148. The fraction of sp³-hybridized carbons (Fsp3) is 0.381. The van der Waals surface area contributed by atoms with Gasteiger partial charge in [-0.3, -0.25) is 9.69 Å². The third-order valence-corrected chi connectivity index (χ3v) is 5.15. The highest BCUT2D eigenvalue weighted by molar-refractivity contribution is 5.78. The second kappa shape index (κ2) is 6.78. The number of nitrogens with zero attached hydrogens (tertiary/aromatic N) is 1. The van der Waals surface area contributed by atoms with Crippen molar-refractivity contribution in [3.05, 3.63) is 71.3 Å². The van der Waals surface area contributed by atoms with Gasteiger partial charge < -0.3 is 5.32 Å². The lowest BCUT2D eigenvalue weighted by Gasteiger charge is -2.29. The van der Waals surface area contributed by atoms with Gasteiger partial charge in [-0.15, -0.1) is 0 Å². The van der Waals surface area contributed by atoms with Crippen LogP contribution in [0.4, 0.5) is 0 Å². The van der Waals surface area contributed by atoms with E-state index >= 15 is 0 Å². The van der Waals surface area contributed by atoms with Crippen LogP contribution in [0.2, 0.25) is 0 Å². The zero-order valence-electron chi connectivity index (χ0n) is 13.9. The van der Waals surface area contributed by atoms with Gasteiger partial charge >= 0.3 is 0 Å².